The lowest BCUT2D eigenvalue weighted by Crippen LogP contribution is -2.44. The average molecular weight is 264 g/mol. The summed E-state index contributed by atoms with van der Waals surface area (Å²) in [5.41, 5.74) is -1.40. The van der Waals surface area contributed by atoms with Crippen LogP contribution >= 0.6 is 0 Å². The molecule has 1 rings (SSSR count). The first-order chi connectivity index (χ1) is 7.40. The second-order valence-electron chi connectivity index (χ2n) is 5.73. The van der Waals surface area contributed by atoms with Crippen molar-refractivity contribution >= 4 is 15.8 Å². The lowest BCUT2D eigenvalue weighted by Gasteiger charge is -2.27. The van der Waals surface area contributed by atoms with E-state index in [0.29, 0.717) is 6.42 Å². The lowest BCUT2D eigenvalue weighted by molar-refractivity contribution is -0.136. The van der Waals surface area contributed by atoms with Crippen molar-refractivity contribution in [2.75, 3.05) is 0 Å². The third-order valence-electron chi connectivity index (χ3n) is 3.23. The minimum absolute atomic E-state index is 0.319. The Bertz CT molecular complexity index is 421. The Labute approximate surface area is 102 Å². The van der Waals surface area contributed by atoms with Crippen LogP contribution in [0.1, 0.15) is 41.0 Å². The van der Waals surface area contributed by atoms with E-state index in [4.69, 9.17) is 9.84 Å². The monoisotopic (exact) mass is 264 g/mol. The van der Waals surface area contributed by atoms with E-state index >= 15 is 0 Å². The Morgan fingerprint density at radius 3 is 2.12 bits per heavy atom. The largest absolute Gasteiger partial charge is 0.480 e. The Kier molecular flexibility index (Phi) is 3.35. The summed E-state index contributed by atoms with van der Waals surface area (Å²) in [6.07, 6.45) is 0.319. The molecule has 2 unspecified atom stereocenters. The molecule has 2 atom stereocenters. The number of sulfone groups is 1. The van der Waals surface area contributed by atoms with Gasteiger partial charge in [-0.25, -0.2) is 8.42 Å². The van der Waals surface area contributed by atoms with Crippen molar-refractivity contribution in [1.82, 2.24) is 0 Å². The maximum atomic E-state index is 12.2. The molecule has 0 saturated carbocycles. The normalized spacial score (nSPS) is 28.9. The van der Waals surface area contributed by atoms with Crippen LogP contribution in [0.4, 0.5) is 0 Å². The van der Waals surface area contributed by atoms with E-state index in [9.17, 15) is 13.2 Å². The number of aliphatic carboxylic acids is 1. The molecule has 5 nitrogen and oxygen atoms in total. The average Bonchev–Trinajstić information content (AvgIpc) is 2.33. The standard InChI is InChI=1S/C11H20O5S/c1-7(9(12)13)17(14,15)8-6-10(2,3)16-11(8,4)5/h7-8H,6H2,1-5H3,(H,12,13). The molecule has 0 aliphatic carbocycles. The number of ether oxygens (including phenoxy) is 1. The summed E-state index contributed by atoms with van der Waals surface area (Å²) < 4.78 is 30.1. The van der Waals surface area contributed by atoms with Gasteiger partial charge in [0.05, 0.1) is 16.5 Å². The first kappa shape index (κ1) is 14.4. The van der Waals surface area contributed by atoms with Gasteiger partial charge >= 0.3 is 5.97 Å². The predicted molar refractivity (Wildman–Crippen MR) is 63.7 cm³/mol. The fourth-order valence-electron chi connectivity index (χ4n) is 2.41. The van der Waals surface area contributed by atoms with Gasteiger partial charge in [0.25, 0.3) is 0 Å². The summed E-state index contributed by atoms with van der Waals surface area (Å²) in [6.45, 7) is 8.22. The summed E-state index contributed by atoms with van der Waals surface area (Å²) in [5, 5.41) is 6.68. The van der Waals surface area contributed by atoms with E-state index in [1.165, 1.54) is 6.92 Å². The molecule has 0 aromatic heterocycles. The SMILES string of the molecule is CC(C(=O)O)S(=O)(=O)C1CC(C)(C)OC1(C)C. The predicted octanol–water partition coefficient (Wildman–Crippen LogP) is 1.22. The fraction of sp³-hybridized carbons (Fsp3) is 0.909. The van der Waals surface area contributed by atoms with Crippen molar-refractivity contribution in [3.8, 4) is 0 Å². The molecule has 1 fully saturated rings. The maximum absolute atomic E-state index is 12.2. The first-order valence-electron chi connectivity index (χ1n) is 5.56. The van der Waals surface area contributed by atoms with Crippen molar-refractivity contribution in [2.45, 2.75) is 62.7 Å². The molecule has 0 radical (unpaired) electrons. The molecule has 1 heterocycles. The van der Waals surface area contributed by atoms with Gasteiger partial charge < -0.3 is 9.84 Å². The summed E-state index contributed by atoms with van der Waals surface area (Å²) in [6, 6.07) is 0. The lowest BCUT2D eigenvalue weighted by atomic mass is 10.0. The van der Waals surface area contributed by atoms with Crippen LogP contribution in [0.25, 0.3) is 0 Å². The summed E-state index contributed by atoms with van der Waals surface area (Å²) in [7, 11) is -3.74. The Morgan fingerprint density at radius 1 is 1.35 bits per heavy atom. The molecule has 0 amide bonds. The van der Waals surface area contributed by atoms with Gasteiger partial charge in [-0.3, -0.25) is 4.79 Å². The molecule has 0 spiro atoms. The van der Waals surface area contributed by atoms with Crippen LogP contribution in [0.15, 0.2) is 0 Å². The third-order valence-corrected chi connectivity index (χ3v) is 5.94. The number of hydrogen-bond acceptors (Lipinski definition) is 4. The zero-order valence-electron chi connectivity index (χ0n) is 10.9. The summed E-state index contributed by atoms with van der Waals surface area (Å²) in [5.74, 6) is -1.31. The Morgan fingerprint density at radius 2 is 1.82 bits per heavy atom. The van der Waals surface area contributed by atoms with Crippen LogP contribution in [0, 0.1) is 0 Å². The third kappa shape index (κ3) is 2.63. The highest BCUT2D eigenvalue weighted by atomic mass is 32.2. The number of carboxylic acid groups (broad SMARTS) is 1. The van der Waals surface area contributed by atoms with E-state index in [0.717, 1.165) is 0 Å². The quantitative estimate of drug-likeness (QED) is 0.829. The maximum Gasteiger partial charge on any atom is 0.321 e. The number of carboxylic acids is 1. The second-order valence-corrected chi connectivity index (χ2v) is 8.18. The fourth-order valence-corrected chi connectivity index (χ4v) is 4.66. The van der Waals surface area contributed by atoms with Crippen LogP contribution in [0.2, 0.25) is 0 Å². The molecule has 1 aliphatic rings. The topological polar surface area (TPSA) is 80.7 Å². The number of hydrogen-bond donors (Lipinski definition) is 1. The summed E-state index contributed by atoms with van der Waals surface area (Å²) >= 11 is 0. The second kappa shape index (κ2) is 3.95. The van der Waals surface area contributed by atoms with Gasteiger partial charge in [0.2, 0.25) is 0 Å². The number of carbonyl (C=O) groups is 1. The zero-order chi connectivity index (χ0) is 13.6. The first-order valence-corrected chi connectivity index (χ1v) is 7.17. The van der Waals surface area contributed by atoms with Crippen LogP contribution in [0.3, 0.4) is 0 Å². The molecule has 6 heteroatoms. The van der Waals surface area contributed by atoms with Gasteiger partial charge in [0, 0.05) is 0 Å². The number of rotatable bonds is 3. The van der Waals surface area contributed by atoms with Gasteiger partial charge in [-0.1, -0.05) is 0 Å². The van der Waals surface area contributed by atoms with Crippen LogP contribution in [-0.2, 0) is 19.4 Å². The van der Waals surface area contributed by atoms with Crippen LogP contribution in [0.5, 0.6) is 0 Å². The van der Waals surface area contributed by atoms with Crippen molar-refractivity contribution < 1.29 is 23.1 Å². The van der Waals surface area contributed by atoms with Gasteiger partial charge in [-0.15, -0.1) is 0 Å². The molecule has 100 valence electrons. The van der Waals surface area contributed by atoms with Crippen LogP contribution < -0.4 is 0 Å². The highest BCUT2D eigenvalue weighted by Crippen LogP contribution is 2.42. The summed E-state index contributed by atoms with van der Waals surface area (Å²) in [4.78, 5) is 10.9. The van der Waals surface area contributed by atoms with Crippen molar-refractivity contribution in [2.24, 2.45) is 0 Å². The van der Waals surface area contributed by atoms with Crippen LogP contribution in [-0.4, -0.2) is 41.2 Å². The molecule has 0 bridgehead atoms. The van der Waals surface area contributed by atoms with E-state index in [1.54, 1.807) is 13.8 Å². The zero-order valence-corrected chi connectivity index (χ0v) is 11.7. The van der Waals surface area contributed by atoms with E-state index in [-0.39, 0.29) is 0 Å². The molecule has 17 heavy (non-hydrogen) atoms. The van der Waals surface area contributed by atoms with Gasteiger partial charge in [-0.2, -0.15) is 0 Å². The molecular weight excluding hydrogens is 244 g/mol. The molecule has 1 aliphatic heterocycles. The minimum Gasteiger partial charge on any atom is -0.480 e. The van der Waals surface area contributed by atoms with Crippen molar-refractivity contribution in [1.29, 1.82) is 0 Å². The highest BCUT2D eigenvalue weighted by molar-refractivity contribution is 7.93. The van der Waals surface area contributed by atoms with Gasteiger partial charge in [0.1, 0.15) is 0 Å². The van der Waals surface area contributed by atoms with E-state index < -0.39 is 37.5 Å². The van der Waals surface area contributed by atoms with E-state index in [1.807, 2.05) is 13.8 Å². The van der Waals surface area contributed by atoms with Crippen molar-refractivity contribution in [3.05, 3.63) is 0 Å². The van der Waals surface area contributed by atoms with Gasteiger partial charge in [0.15, 0.2) is 15.1 Å². The molecule has 0 aromatic rings. The Balaban J connectivity index is 3.13. The van der Waals surface area contributed by atoms with E-state index in [2.05, 4.69) is 0 Å². The smallest absolute Gasteiger partial charge is 0.321 e. The highest BCUT2D eigenvalue weighted by Gasteiger charge is 2.54. The molecule has 1 N–H and O–H groups in total. The molecule has 0 aromatic carbocycles. The minimum atomic E-state index is -3.74. The Hall–Kier alpha value is -0.620. The van der Waals surface area contributed by atoms with Crippen molar-refractivity contribution in [3.63, 3.8) is 0 Å². The van der Waals surface area contributed by atoms with Gasteiger partial charge in [-0.05, 0) is 41.0 Å². The molecule has 1 saturated heterocycles. The molecular formula is C11H20O5S.